The van der Waals surface area contributed by atoms with Gasteiger partial charge in [-0.15, -0.1) is 0 Å². The zero-order chi connectivity index (χ0) is 14.3. The molecule has 0 atom stereocenters. The van der Waals surface area contributed by atoms with Crippen molar-refractivity contribution in [2.24, 2.45) is 0 Å². The van der Waals surface area contributed by atoms with Gasteiger partial charge in [0.2, 0.25) is 11.8 Å². The largest absolute Gasteiger partial charge is 0.342 e. The lowest BCUT2D eigenvalue weighted by Gasteiger charge is -2.17. The smallest absolute Gasteiger partial charge is 0.234 e. The Morgan fingerprint density at radius 2 is 2.00 bits per heavy atom. The van der Waals surface area contributed by atoms with E-state index in [2.05, 4.69) is 5.32 Å². The molecule has 0 saturated carbocycles. The minimum atomic E-state index is -0.512. The van der Waals surface area contributed by atoms with Crippen LogP contribution in [-0.2, 0) is 21.4 Å². The molecule has 1 fully saturated rings. The summed E-state index contributed by atoms with van der Waals surface area (Å²) < 4.78 is 0. The van der Waals surface area contributed by atoms with Gasteiger partial charge in [0.25, 0.3) is 0 Å². The molecule has 0 radical (unpaired) electrons. The van der Waals surface area contributed by atoms with E-state index in [1.807, 2.05) is 36.9 Å². The van der Waals surface area contributed by atoms with E-state index in [-0.39, 0.29) is 11.8 Å². The second-order valence-electron chi connectivity index (χ2n) is 6.22. The number of nitrogens with one attached hydrogen (secondary N) is 1. The normalized spacial score (nSPS) is 19.9. The molecule has 0 spiro atoms. The Bertz CT molecular complexity index is 572. The highest BCUT2D eigenvalue weighted by Gasteiger charge is 2.38. The molecule has 3 rings (SSSR count). The molecule has 4 heteroatoms. The Kier molecular flexibility index (Phi) is 3.04. The quantitative estimate of drug-likeness (QED) is 0.896. The van der Waals surface area contributed by atoms with Crippen LogP contribution in [0.3, 0.4) is 0 Å². The molecule has 106 valence electrons. The van der Waals surface area contributed by atoms with Gasteiger partial charge < -0.3 is 10.2 Å². The third-order valence-electron chi connectivity index (χ3n) is 4.39. The zero-order valence-electron chi connectivity index (χ0n) is 12.0. The first-order valence-corrected chi connectivity index (χ1v) is 7.21. The first-order chi connectivity index (χ1) is 9.48. The van der Waals surface area contributed by atoms with Crippen molar-refractivity contribution < 1.29 is 9.59 Å². The Labute approximate surface area is 119 Å². The third kappa shape index (κ3) is 2.09. The minimum Gasteiger partial charge on any atom is -0.342 e. The van der Waals surface area contributed by atoms with Crippen LogP contribution in [0.4, 0.5) is 5.69 Å². The number of fused-ring (bicyclic) bond motifs is 1. The van der Waals surface area contributed by atoms with Crippen molar-refractivity contribution in [3.05, 3.63) is 29.3 Å². The number of hydrogen-bond donors (Lipinski definition) is 1. The number of hydrogen-bond acceptors (Lipinski definition) is 2. The van der Waals surface area contributed by atoms with E-state index >= 15 is 0 Å². The molecule has 2 heterocycles. The standard InChI is InChI=1S/C16H20N2O2/c1-16(2)12-9-11(5-6-13(12)17-15(16)20)10-14(19)18-7-3-4-8-18/h5-6,9H,3-4,7-8,10H2,1-2H3,(H,17,20). The van der Waals surface area contributed by atoms with Gasteiger partial charge in [0, 0.05) is 18.8 Å². The predicted molar refractivity (Wildman–Crippen MR) is 77.6 cm³/mol. The highest BCUT2D eigenvalue weighted by molar-refractivity contribution is 6.05. The lowest BCUT2D eigenvalue weighted by molar-refractivity contribution is -0.129. The van der Waals surface area contributed by atoms with Crippen molar-refractivity contribution in [1.29, 1.82) is 0 Å². The highest BCUT2D eigenvalue weighted by atomic mass is 16.2. The molecule has 1 aromatic rings. The van der Waals surface area contributed by atoms with Crippen molar-refractivity contribution in [1.82, 2.24) is 4.90 Å². The van der Waals surface area contributed by atoms with Gasteiger partial charge in [-0.05, 0) is 43.9 Å². The van der Waals surface area contributed by atoms with Crippen LogP contribution < -0.4 is 5.32 Å². The number of benzene rings is 1. The van der Waals surface area contributed by atoms with E-state index in [1.165, 1.54) is 0 Å². The Balaban J connectivity index is 1.81. The molecule has 0 unspecified atom stereocenters. The molecule has 1 N–H and O–H groups in total. The summed E-state index contributed by atoms with van der Waals surface area (Å²) in [5.74, 6) is 0.216. The number of nitrogens with zero attached hydrogens (tertiary/aromatic N) is 1. The lowest BCUT2D eigenvalue weighted by Crippen LogP contribution is -2.29. The zero-order valence-corrected chi connectivity index (χ0v) is 12.0. The summed E-state index contributed by atoms with van der Waals surface area (Å²) in [4.78, 5) is 26.0. The maximum atomic E-state index is 12.2. The fraction of sp³-hybridized carbons (Fsp3) is 0.500. The van der Waals surface area contributed by atoms with Gasteiger partial charge in [-0.1, -0.05) is 12.1 Å². The predicted octanol–water partition coefficient (Wildman–Crippen LogP) is 2.08. The number of anilines is 1. The Morgan fingerprint density at radius 3 is 2.70 bits per heavy atom. The Morgan fingerprint density at radius 1 is 1.30 bits per heavy atom. The molecule has 20 heavy (non-hydrogen) atoms. The first-order valence-electron chi connectivity index (χ1n) is 7.21. The van der Waals surface area contributed by atoms with Crippen molar-refractivity contribution in [2.75, 3.05) is 18.4 Å². The van der Waals surface area contributed by atoms with Gasteiger partial charge in [0.05, 0.1) is 11.8 Å². The maximum Gasteiger partial charge on any atom is 0.234 e. The maximum absolute atomic E-state index is 12.2. The third-order valence-corrected chi connectivity index (χ3v) is 4.39. The van der Waals surface area contributed by atoms with E-state index in [4.69, 9.17) is 0 Å². The molecule has 1 saturated heterocycles. The van der Waals surface area contributed by atoms with Gasteiger partial charge in [-0.2, -0.15) is 0 Å². The molecule has 2 aliphatic heterocycles. The van der Waals surface area contributed by atoms with Gasteiger partial charge in [-0.25, -0.2) is 0 Å². The van der Waals surface area contributed by atoms with Gasteiger partial charge in [-0.3, -0.25) is 9.59 Å². The summed E-state index contributed by atoms with van der Waals surface area (Å²) in [6, 6.07) is 5.85. The van der Waals surface area contributed by atoms with Gasteiger partial charge >= 0.3 is 0 Å². The summed E-state index contributed by atoms with van der Waals surface area (Å²) in [5, 5.41) is 2.89. The van der Waals surface area contributed by atoms with Crippen molar-refractivity contribution in [3.63, 3.8) is 0 Å². The van der Waals surface area contributed by atoms with Crippen LogP contribution in [0.5, 0.6) is 0 Å². The van der Waals surface area contributed by atoms with E-state index in [1.54, 1.807) is 0 Å². The summed E-state index contributed by atoms with van der Waals surface area (Å²) in [7, 11) is 0. The molecule has 0 aliphatic carbocycles. The van der Waals surface area contributed by atoms with E-state index in [9.17, 15) is 9.59 Å². The SMILES string of the molecule is CC1(C)C(=O)Nc2ccc(CC(=O)N3CCCC3)cc21. The van der Waals surface area contributed by atoms with Crippen molar-refractivity contribution in [2.45, 2.75) is 38.5 Å². The summed E-state index contributed by atoms with van der Waals surface area (Å²) in [6.07, 6.45) is 2.65. The van der Waals surface area contributed by atoms with Crippen LogP contribution in [-0.4, -0.2) is 29.8 Å². The summed E-state index contributed by atoms with van der Waals surface area (Å²) >= 11 is 0. The fourth-order valence-electron chi connectivity index (χ4n) is 2.98. The monoisotopic (exact) mass is 272 g/mol. The van der Waals surface area contributed by atoms with Crippen LogP contribution in [0.15, 0.2) is 18.2 Å². The number of likely N-dealkylation sites (tertiary alicyclic amines) is 1. The van der Waals surface area contributed by atoms with E-state index in [0.717, 1.165) is 42.7 Å². The van der Waals surface area contributed by atoms with E-state index < -0.39 is 5.41 Å². The lowest BCUT2D eigenvalue weighted by atomic mass is 9.85. The summed E-state index contributed by atoms with van der Waals surface area (Å²) in [5.41, 5.74) is 2.35. The minimum absolute atomic E-state index is 0.0236. The number of carbonyl (C=O) groups excluding carboxylic acids is 2. The second-order valence-corrected chi connectivity index (χ2v) is 6.22. The van der Waals surface area contributed by atoms with E-state index in [0.29, 0.717) is 6.42 Å². The van der Waals surface area contributed by atoms with Crippen molar-refractivity contribution >= 4 is 17.5 Å². The van der Waals surface area contributed by atoms with Gasteiger partial charge in [0.15, 0.2) is 0 Å². The average Bonchev–Trinajstić information content (AvgIpc) is 3.00. The van der Waals surface area contributed by atoms with Crippen molar-refractivity contribution in [3.8, 4) is 0 Å². The molecule has 4 nitrogen and oxygen atoms in total. The van der Waals surface area contributed by atoms with Crippen LogP contribution in [0.2, 0.25) is 0 Å². The average molecular weight is 272 g/mol. The fourth-order valence-corrected chi connectivity index (χ4v) is 2.98. The molecule has 1 aromatic carbocycles. The topological polar surface area (TPSA) is 49.4 Å². The Hall–Kier alpha value is -1.84. The molecular weight excluding hydrogens is 252 g/mol. The summed E-state index contributed by atoms with van der Waals surface area (Å²) in [6.45, 7) is 5.60. The molecule has 0 bridgehead atoms. The number of amides is 2. The first kappa shape index (κ1) is 13.2. The molecule has 0 aromatic heterocycles. The van der Waals surface area contributed by atoms with Crippen LogP contribution >= 0.6 is 0 Å². The van der Waals surface area contributed by atoms with Crippen LogP contribution in [0.25, 0.3) is 0 Å². The molecular formula is C16H20N2O2. The molecule has 2 aliphatic rings. The second kappa shape index (κ2) is 4.62. The number of rotatable bonds is 2. The van der Waals surface area contributed by atoms with Gasteiger partial charge in [0.1, 0.15) is 0 Å². The van der Waals surface area contributed by atoms with Crippen LogP contribution in [0, 0.1) is 0 Å². The number of carbonyl (C=O) groups is 2. The molecule has 2 amide bonds. The highest BCUT2D eigenvalue weighted by Crippen LogP contribution is 2.37. The van der Waals surface area contributed by atoms with Crippen LogP contribution in [0.1, 0.15) is 37.8 Å².